The first-order valence-corrected chi connectivity index (χ1v) is 12.1. The first kappa shape index (κ1) is 22.1. The number of rotatable bonds is 7. The number of fused-ring (bicyclic) bond motifs is 2. The Kier molecular flexibility index (Phi) is 5.53. The maximum absolute atomic E-state index is 14.4. The topological polar surface area (TPSA) is 106 Å². The number of ether oxygens (including phenoxy) is 2. The zero-order valence-electron chi connectivity index (χ0n) is 19.2. The fraction of sp³-hybridized carbons (Fsp3) is 0.160. The van der Waals surface area contributed by atoms with Crippen LogP contribution in [0.15, 0.2) is 54.4 Å². The van der Waals surface area contributed by atoms with E-state index in [0.29, 0.717) is 46.9 Å². The highest BCUT2D eigenvalue weighted by molar-refractivity contribution is 7.15. The summed E-state index contributed by atoms with van der Waals surface area (Å²) in [6.45, 7) is 0.796. The summed E-state index contributed by atoms with van der Waals surface area (Å²) in [5.41, 5.74) is 4.40. The fourth-order valence-electron chi connectivity index (χ4n) is 4.39. The molecule has 1 aromatic carbocycles. The highest BCUT2D eigenvalue weighted by Crippen LogP contribution is 2.42. The molecule has 3 N–H and O–H groups in total. The van der Waals surface area contributed by atoms with E-state index in [4.69, 9.17) is 9.47 Å². The lowest BCUT2D eigenvalue weighted by Crippen LogP contribution is -2.31. The minimum Gasteiger partial charge on any atom is -0.492 e. The molecule has 0 spiro atoms. The Labute approximate surface area is 208 Å². The molecule has 11 heteroatoms. The molecule has 5 aromatic rings. The summed E-state index contributed by atoms with van der Waals surface area (Å²) in [7, 11) is 1.40. The average molecular weight is 505 g/mol. The third-order valence-corrected chi connectivity index (χ3v) is 6.82. The van der Waals surface area contributed by atoms with E-state index in [2.05, 4.69) is 25.6 Å². The predicted octanol–water partition coefficient (Wildman–Crippen LogP) is 4.54. The number of carbonyl (C=O) groups is 1. The van der Waals surface area contributed by atoms with Gasteiger partial charge in [-0.2, -0.15) is 0 Å². The minimum absolute atomic E-state index is 0.0568. The number of anilines is 2. The van der Waals surface area contributed by atoms with Gasteiger partial charge in [-0.25, -0.2) is 9.37 Å². The number of para-hydroxylation sites is 1. The van der Waals surface area contributed by atoms with Crippen molar-refractivity contribution in [1.29, 1.82) is 0 Å². The molecular weight excluding hydrogens is 483 g/mol. The van der Waals surface area contributed by atoms with E-state index in [9.17, 15) is 9.18 Å². The molecule has 0 atom stereocenters. The molecule has 1 amide bonds. The van der Waals surface area contributed by atoms with Crippen LogP contribution in [0, 0.1) is 5.82 Å². The molecule has 0 fully saturated rings. The first-order valence-electron chi connectivity index (χ1n) is 11.2. The summed E-state index contributed by atoms with van der Waals surface area (Å²) in [6.07, 6.45) is 7.64. The van der Waals surface area contributed by atoms with Crippen LogP contribution < -0.4 is 20.1 Å². The average Bonchev–Trinajstić information content (AvgIpc) is 3.59. The van der Waals surface area contributed by atoms with Crippen LogP contribution in [0.1, 0.15) is 21.7 Å². The van der Waals surface area contributed by atoms with Crippen molar-refractivity contribution in [3.63, 3.8) is 0 Å². The fourth-order valence-corrected chi connectivity index (χ4v) is 5.10. The van der Waals surface area contributed by atoms with E-state index in [1.54, 1.807) is 42.1 Å². The van der Waals surface area contributed by atoms with Gasteiger partial charge in [0.2, 0.25) is 0 Å². The van der Waals surface area contributed by atoms with Gasteiger partial charge in [-0.15, -0.1) is 11.3 Å². The molecule has 0 aliphatic carbocycles. The molecule has 0 saturated carbocycles. The van der Waals surface area contributed by atoms with E-state index in [1.165, 1.54) is 13.2 Å². The zero-order chi connectivity index (χ0) is 24.6. The van der Waals surface area contributed by atoms with Crippen molar-refractivity contribution in [2.75, 3.05) is 19.0 Å². The Hall–Kier alpha value is -4.38. The molecule has 9 nitrogen and oxygen atoms in total. The molecule has 1 aliphatic rings. The van der Waals surface area contributed by atoms with Gasteiger partial charge in [0.15, 0.2) is 16.5 Å². The van der Waals surface area contributed by atoms with Crippen LogP contribution in [-0.4, -0.2) is 38.9 Å². The summed E-state index contributed by atoms with van der Waals surface area (Å²) in [6, 6.07) is 6.41. The Morgan fingerprint density at radius 1 is 1.28 bits per heavy atom. The molecule has 1 aliphatic heterocycles. The van der Waals surface area contributed by atoms with Crippen LogP contribution in [0.3, 0.4) is 0 Å². The number of methoxy groups -OCH3 is 1. The Balaban J connectivity index is 1.43. The molecule has 0 saturated heterocycles. The highest BCUT2D eigenvalue weighted by Gasteiger charge is 2.29. The van der Waals surface area contributed by atoms with Gasteiger partial charge in [0, 0.05) is 42.0 Å². The number of nitrogens with zero attached hydrogens (tertiary/aromatic N) is 3. The van der Waals surface area contributed by atoms with Crippen LogP contribution in [0.4, 0.5) is 15.8 Å². The van der Waals surface area contributed by atoms with Crippen molar-refractivity contribution in [3.05, 3.63) is 77.2 Å². The molecular formula is C25H21FN6O3S. The van der Waals surface area contributed by atoms with Gasteiger partial charge in [0.1, 0.15) is 12.4 Å². The van der Waals surface area contributed by atoms with Gasteiger partial charge >= 0.3 is 0 Å². The summed E-state index contributed by atoms with van der Waals surface area (Å²) in [4.78, 5) is 25.8. The van der Waals surface area contributed by atoms with E-state index < -0.39 is 5.82 Å². The van der Waals surface area contributed by atoms with Crippen molar-refractivity contribution < 1.29 is 18.7 Å². The third-order valence-electron chi connectivity index (χ3n) is 6.05. The first-order chi connectivity index (χ1) is 17.6. The molecule has 6 rings (SSSR count). The van der Waals surface area contributed by atoms with E-state index >= 15 is 0 Å². The van der Waals surface area contributed by atoms with Crippen molar-refractivity contribution in [2.45, 2.75) is 13.0 Å². The number of nitrogens with one attached hydrogen (secondary N) is 3. The molecule has 36 heavy (non-hydrogen) atoms. The number of halogens is 1. The number of carbonyl (C=O) groups excluding carboxylic acids is 1. The predicted molar refractivity (Wildman–Crippen MR) is 134 cm³/mol. The number of thiazole rings is 1. The van der Waals surface area contributed by atoms with Crippen LogP contribution in [0.5, 0.6) is 11.5 Å². The summed E-state index contributed by atoms with van der Waals surface area (Å²) >= 11 is 1.55. The lowest BCUT2D eigenvalue weighted by Gasteiger charge is -2.17. The number of imidazole rings is 1. The summed E-state index contributed by atoms with van der Waals surface area (Å²) in [5.74, 6) is -0.143. The number of pyridine rings is 1. The number of hydrogen-bond acceptors (Lipinski definition) is 7. The summed E-state index contributed by atoms with van der Waals surface area (Å²) < 4.78 is 27.9. The Morgan fingerprint density at radius 2 is 2.19 bits per heavy atom. The second kappa shape index (κ2) is 9.00. The van der Waals surface area contributed by atoms with Gasteiger partial charge < -0.3 is 25.1 Å². The monoisotopic (exact) mass is 504 g/mol. The number of aromatic amines is 1. The van der Waals surface area contributed by atoms with Crippen LogP contribution in [-0.2, 0) is 13.0 Å². The number of hydrogen-bond donors (Lipinski definition) is 3. The minimum atomic E-state index is -0.508. The van der Waals surface area contributed by atoms with E-state index in [-0.39, 0.29) is 18.3 Å². The standard InChI is InChI=1S/C25H21FN6O3S/c1-34-23-16(26)3-2-4-18(23)31-22-20-17(6-8-28-24(20)33)30-21(22)15-5-7-27-12-19(15)35-13-14-11-29-25-32(14)9-10-36-25/h2-5,7,9-12,30-31H,6,8,13H2,1H3,(H,28,33). The van der Waals surface area contributed by atoms with Gasteiger partial charge in [-0.1, -0.05) is 6.07 Å². The van der Waals surface area contributed by atoms with Crippen molar-refractivity contribution in [1.82, 2.24) is 24.7 Å². The van der Waals surface area contributed by atoms with Gasteiger partial charge in [0.25, 0.3) is 5.91 Å². The maximum Gasteiger partial charge on any atom is 0.255 e. The second-order valence-corrected chi connectivity index (χ2v) is 9.02. The van der Waals surface area contributed by atoms with Crippen molar-refractivity contribution in [3.8, 4) is 22.8 Å². The van der Waals surface area contributed by atoms with E-state index in [1.807, 2.05) is 22.0 Å². The Bertz CT molecular complexity index is 1590. The maximum atomic E-state index is 14.4. The lowest BCUT2D eigenvalue weighted by atomic mass is 10.0. The quantitative estimate of drug-likeness (QED) is 0.301. The number of aromatic nitrogens is 4. The van der Waals surface area contributed by atoms with Crippen LogP contribution in [0.2, 0.25) is 0 Å². The smallest absolute Gasteiger partial charge is 0.255 e. The molecule has 5 heterocycles. The van der Waals surface area contributed by atoms with Crippen molar-refractivity contribution in [2.24, 2.45) is 0 Å². The largest absolute Gasteiger partial charge is 0.492 e. The van der Waals surface area contributed by atoms with Gasteiger partial charge in [-0.3, -0.25) is 14.2 Å². The molecule has 182 valence electrons. The van der Waals surface area contributed by atoms with Crippen LogP contribution in [0.25, 0.3) is 16.2 Å². The zero-order valence-corrected chi connectivity index (χ0v) is 20.0. The van der Waals surface area contributed by atoms with E-state index in [0.717, 1.165) is 16.3 Å². The number of benzene rings is 1. The van der Waals surface area contributed by atoms with Crippen LogP contribution >= 0.6 is 11.3 Å². The number of amides is 1. The lowest BCUT2D eigenvalue weighted by molar-refractivity contribution is 0.0947. The Morgan fingerprint density at radius 3 is 3.08 bits per heavy atom. The SMILES string of the molecule is COc1c(F)cccc1Nc1c(-c2ccncc2OCc2cnc3sccn23)[nH]c2c1C(=O)NCC2. The highest BCUT2D eigenvalue weighted by atomic mass is 32.1. The molecule has 4 aromatic heterocycles. The van der Waals surface area contributed by atoms with Gasteiger partial charge in [0.05, 0.1) is 47.8 Å². The molecule has 0 unspecified atom stereocenters. The van der Waals surface area contributed by atoms with Gasteiger partial charge in [-0.05, 0) is 18.2 Å². The molecule has 0 radical (unpaired) electrons. The molecule has 0 bridgehead atoms. The normalized spacial score (nSPS) is 12.9. The second-order valence-electron chi connectivity index (χ2n) is 8.15. The van der Waals surface area contributed by atoms with Crippen molar-refractivity contribution >= 4 is 33.6 Å². The summed E-state index contributed by atoms with van der Waals surface area (Å²) in [5, 5.41) is 8.09. The number of H-pyrrole nitrogens is 1. The third kappa shape index (κ3) is 3.73.